The van der Waals surface area contributed by atoms with Crippen LogP contribution < -0.4 is 4.74 Å². The minimum absolute atomic E-state index is 0.0595. The first kappa shape index (κ1) is 15.5. The van der Waals surface area contributed by atoms with Crippen LogP contribution in [0.3, 0.4) is 0 Å². The molecular formula is C16H16N2O4. The van der Waals surface area contributed by atoms with Gasteiger partial charge >= 0.3 is 6.03 Å². The molecule has 6 heteroatoms. The molecule has 1 aromatic carbocycles. The quantitative estimate of drug-likeness (QED) is 0.629. The van der Waals surface area contributed by atoms with Gasteiger partial charge in [-0.2, -0.15) is 0 Å². The number of likely N-dealkylation sites (N-methyl/N-ethyl adjacent to an activating group) is 2. The van der Waals surface area contributed by atoms with Gasteiger partial charge in [0, 0.05) is 19.7 Å². The number of ether oxygens (including phenoxy) is 1. The van der Waals surface area contributed by atoms with Crippen LogP contribution in [-0.2, 0) is 9.59 Å². The first-order valence-electron chi connectivity index (χ1n) is 6.58. The van der Waals surface area contributed by atoms with Crippen molar-refractivity contribution in [3.63, 3.8) is 0 Å². The van der Waals surface area contributed by atoms with E-state index in [0.29, 0.717) is 5.75 Å². The smallest absolute Gasteiger partial charge is 0.333 e. The van der Waals surface area contributed by atoms with Gasteiger partial charge in [0.15, 0.2) is 0 Å². The minimum Gasteiger partial charge on any atom is -0.496 e. The molecule has 0 N–H and O–H groups in total. The van der Waals surface area contributed by atoms with Crippen LogP contribution in [-0.4, -0.2) is 48.9 Å². The Morgan fingerprint density at radius 2 is 1.59 bits per heavy atom. The molecular weight excluding hydrogens is 284 g/mol. The molecule has 1 saturated heterocycles. The molecule has 114 valence electrons. The Labute approximate surface area is 128 Å². The molecule has 6 nitrogen and oxygen atoms in total. The van der Waals surface area contributed by atoms with E-state index >= 15 is 0 Å². The summed E-state index contributed by atoms with van der Waals surface area (Å²) in [4.78, 5) is 37.4. The molecule has 22 heavy (non-hydrogen) atoms. The number of hydrogen-bond acceptors (Lipinski definition) is 4. The van der Waals surface area contributed by atoms with Crippen molar-refractivity contribution in [1.29, 1.82) is 0 Å². The van der Waals surface area contributed by atoms with Crippen LogP contribution in [0, 0.1) is 0 Å². The Morgan fingerprint density at radius 1 is 1.00 bits per heavy atom. The van der Waals surface area contributed by atoms with Gasteiger partial charge in [-0.15, -0.1) is 0 Å². The van der Waals surface area contributed by atoms with Gasteiger partial charge in [0.2, 0.25) is 0 Å². The number of barbiturate groups is 1. The zero-order valence-corrected chi connectivity index (χ0v) is 12.6. The largest absolute Gasteiger partial charge is 0.496 e. The van der Waals surface area contributed by atoms with Crippen molar-refractivity contribution in [2.24, 2.45) is 0 Å². The lowest BCUT2D eigenvalue weighted by atomic mass is 10.1. The van der Waals surface area contributed by atoms with Gasteiger partial charge in [-0.1, -0.05) is 30.4 Å². The first-order valence-corrected chi connectivity index (χ1v) is 6.58. The Balaban J connectivity index is 2.28. The second-order valence-electron chi connectivity index (χ2n) is 4.69. The molecule has 4 amide bonds. The molecule has 0 spiro atoms. The van der Waals surface area contributed by atoms with E-state index in [2.05, 4.69) is 0 Å². The number of para-hydroxylation sites is 1. The Bertz CT molecular complexity index is 665. The van der Waals surface area contributed by atoms with Gasteiger partial charge in [-0.25, -0.2) is 4.79 Å². The maximum Gasteiger partial charge on any atom is 0.333 e. The van der Waals surface area contributed by atoms with Gasteiger partial charge in [0.1, 0.15) is 11.3 Å². The standard InChI is InChI=1S/C16H16N2O4/c1-17-14(19)12(15(20)18(2)16(17)21)9-6-8-11-7-4-5-10-13(11)22-3/h4-10H,1-3H3/b8-6+. The third-order valence-electron chi connectivity index (χ3n) is 3.32. The lowest BCUT2D eigenvalue weighted by Gasteiger charge is -2.28. The molecule has 0 aromatic heterocycles. The van der Waals surface area contributed by atoms with Crippen LogP contribution >= 0.6 is 0 Å². The number of rotatable bonds is 3. The molecule has 1 aliphatic rings. The van der Waals surface area contributed by atoms with Crippen molar-refractivity contribution >= 4 is 23.9 Å². The fourth-order valence-corrected chi connectivity index (χ4v) is 2.05. The normalized spacial score (nSPS) is 15.8. The lowest BCUT2D eigenvalue weighted by Crippen LogP contribution is -2.52. The zero-order chi connectivity index (χ0) is 16.3. The third-order valence-corrected chi connectivity index (χ3v) is 3.32. The highest BCUT2D eigenvalue weighted by atomic mass is 16.5. The van der Waals surface area contributed by atoms with E-state index in [4.69, 9.17) is 4.74 Å². The number of benzene rings is 1. The summed E-state index contributed by atoms with van der Waals surface area (Å²) in [6.07, 6.45) is 4.71. The topological polar surface area (TPSA) is 66.9 Å². The molecule has 0 radical (unpaired) electrons. The highest BCUT2D eigenvalue weighted by molar-refractivity contribution is 6.28. The maximum absolute atomic E-state index is 12.0. The van der Waals surface area contributed by atoms with E-state index in [1.807, 2.05) is 24.3 Å². The maximum atomic E-state index is 12.0. The number of carbonyl (C=O) groups excluding carboxylic acids is 3. The van der Waals surface area contributed by atoms with E-state index in [1.54, 1.807) is 19.3 Å². The summed E-state index contributed by atoms with van der Waals surface area (Å²) < 4.78 is 5.21. The SMILES string of the molecule is COc1ccccc1/C=C/C=C1C(=O)N(C)C(=O)N(C)C1=O. The number of methoxy groups -OCH3 is 1. The summed E-state index contributed by atoms with van der Waals surface area (Å²) in [6.45, 7) is 0. The summed E-state index contributed by atoms with van der Waals surface area (Å²) in [5, 5.41) is 0. The van der Waals surface area contributed by atoms with Crippen molar-refractivity contribution in [2.45, 2.75) is 0 Å². The highest BCUT2D eigenvalue weighted by Gasteiger charge is 2.37. The van der Waals surface area contributed by atoms with Crippen LogP contribution in [0.15, 0.2) is 42.0 Å². The number of nitrogens with zero attached hydrogens (tertiary/aromatic N) is 2. The first-order chi connectivity index (χ1) is 10.5. The number of imide groups is 2. The molecule has 0 atom stereocenters. The molecule has 0 saturated carbocycles. The van der Waals surface area contributed by atoms with E-state index in [1.165, 1.54) is 20.2 Å². The number of urea groups is 1. The van der Waals surface area contributed by atoms with E-state index in [0.717, 1.165) is 15.4 Å². The molecule has 0 bridgehead atoms. The molecule has 1 heterocycles. The average Bonchev–Trinajstić information content (AvgIpc) is 2.54. The second kappa shape index (κ2) is 6.26. The van der Waals surface area contributed by atoms with Gasteiger partial charge in [-0.05, 0) is 12.1 Å². The van der Waals surface area contributed by atoms with Crippen molar-refractivity contribution in [2.75, 3.05) is 21.2 Å². The molecule has 2 rings (SSSR count). The van der Waals surface area contributed by atoms with Crippen molar-refractivity contribution in [1.82, 2.24) is 9.80 Å². The molecule has 0 aliphatic carbocycles. The van der Waals surface area contributed by atoms with Crippen LogP contribution in [0.2, 0.25) is 0 Å². The van der Waals surface area contributed by atoms with Gasteiger partial charge in [0.25, 0.3) is 11.8 Å². The highest BCUT2D eigenvalue weighted by Crippen LogP contribution is 2.19. The summed E-state index contributed by atoms with van der Waals surface area (Å²) >= 11 is 0. The fourth-order valence-electron chi connectivity index (χ4n) is 2.05. The fraction of sp³-hybridized carbons (Fsp3) is 0.188. The summed E-state index contributed by atoms with van der Waals surface area (Å²) in [5.41, 5.74) is 0.756. The van der Waals surface area contributed by atoms with E-state index in [9.17, 15) is 14.4 Å². The number of hydrogen-bond donors (Lipinski definition) is 0. The Kier molecular flexibility index (Phi) is 4.41. The summed E-state index contributed by atoms with van der Waals surface area (Å²) in [6, 6.07) is 6.72. The van der Waals surface area contributed by atoms with Crippen LogP contribution in [0.4, 0.5) is 4.79 Å². The van der Waals surface area contributed by atoms with Crippen molar-refractivity contribution in [3.05, 3.63) is 47.6 Å². The number of allylic oxidation sites excluding steroid dienone is 2. The van der Waals surface area contributed by atoms with E-state index in [-0.39, 0.29) is 5.57 Å². The summed E-state index contributed by atoms with van der Waals surface area (Å²) in [5.74, 6) is -0.543. The molecule has 1 fully saturated rings. The van der Waals surface area contributed by atoms with Crippen molar-refractivity contribution in [3.8, 4) is 5.75 Å². The number of amides is 4. The number of carbonyl (C=O) groups is 3. The van der Waals surface area contributed by atoms with Gasteiger partial charge in [-0.3, -0.25) is 19.4 Å². The average molecular weight is 300 g/mol. The van der Waals surface area contributed by atoms with Crippen molar-refractivity contribution < 1.29 is 19.1 Å². The molecule has 1 aromatic rings. The van der Waals surface area contributed by atoms with Crippen LogP contribution in [0.1, 0.15) is 5.56 Å². The minimum atomic E-state index is -0.638. The third kappa shape index (κ3) is 2.76. The van der Waals surface area contributed by atoms with E-state index < -0.39 is 17.8 Å². The predicted molar refractivity (Wildman–Crippen MR) is 81.0 cm³/mol. The monoisotopic (exact) mass is 300 g/mol. The second-order valence-corrected chi connectivity index (χ2v) is 4.69. The van der Waals surface area contributed by atoms with Gasteiger partial charge < -0.3 is 4.74 Å². The van der Waals surface area contributed by atoms with Crippen LogP contribution in [0.25, 0.3) is 6.08 Å². The van der Waals surface area contributed by atoms with Crippen LogP contribution in [0.5, 0.6) is 5.75 Å². The lowest BCUT2D eigenvalue weighted by molar-refractivity contribution is -0.134. The molecule has 1 aliphatic heterocycles. The molecule has 0 unspecified atom stereocenters. The Hall–Kier alpha value is -2.89. The predicted octanol–water partition coefficient (Wildman–Crippen LogP) is 1.69. The van der Waals surface area contributed by atoms with Gasteiger partial charge in [0.05, 0.1) is 7.11 Å². The summed E-state index contributed by atoms with van der Waals surface area (Å²) in [7, 11) is 4.24. The zero-order valence-electron chi connectivity index (χ0n) is 12.6. The Morgan fingerprint density at radius 3 is 2.18 bits per heavy atom.